The largest absolute Gasteiger partial charge is 0.465 e. The second-order valence-electron chi connectivity index (χ2n) is 4.28. The van der Waals surface area contributed by atoms with Crippen LogP contribution in [-0.2, 0) is 4.74 Å². The van der Waals surface area contributed by atoms with Crippen molar-refractivity contribution in [3.05, 3.63) is 52.0 Å². The zero-order valence-electron chi connectivity index (χ0n) is 11.1. The maximum Gasteiger partial charge on any atom is 0.341 e. The van der Waals surface area contributed by atoms with E-state index in [1.165, 1.54) is 13.2 Å². The van der Waals surface area contributed by atoms with Gasteiger partial charge in [0.15, 0.2) is 0 Å². The molecule has 0 atom stereocenters. The van der Waals surface area contributed by atoms with E-state index in [-0.39, 0.29) is 0 Å². The van der Waals surface area contributed by atoms with E-state index < -0.39 is 5.97 Å². The first-order valence-electron chi connectivity index (χ1n) is 5.93. The fourth-order valence-corrected chi connectivity index (χ4v) is 2.29. The van der Waals surface area contributed by atoms with Crippen molar-refractivity contribution in [2.24, 2.45) is 0 Å². The first-order valence-corrected chi connectivity index (χ1v) is 6.72. The number of ether oxygens (including phenoxy) is 2. The minimum absolute atomic E-state index is 0.292. The lowest BCUT2D eigenvalue weighted by Crippen LogP contribution is -2.05. The summed E-state index contributed by atoms with van der Waals surface area (Å²) in [4.78, 5) is 11.7. The van der Waals surface area contributed by atoms with Gasteiger partial charge in [-0.15, -0.1) is 0 Å². The van der Waals surface area contributed by atoms with Gasteiger partial charge in [0.05, 0.1) is 11.6 Å². The van der Waals surface area contributed by atoms with Gasteiger partial charge in [0.1, 0.15) is 17.1 Å². The molecule has 104 valence electrons. The zero-order valence-corrected chi connectivity index (χ0v) is 12.7. The standard InChI is InChI=1S/C15H14BrNO3/c1-9-3-5-14(12(16)7-9)20-13-6-4-10(17)8-11(13)15(18)19-2/h3-8H,17H2,1-2H3. The van der Waals surface area contributed by atoms with Crippen molar-refractivity contribution in [2.45, 2.75) is 6.92 Å². The van der Waals surface area contributed by atoms with Crippen molar-refractivity contribution < 1.29 is 14.3 Å². The number of carbonyl (C=O) groups is 1. The van der Waals surface area contributed by atoms with E-state index in [9.17, 15) is 4.79 Å². The Morgan fingerprint density at radius 1 is 1.15 bits per heavy atom. The fourth-order valence-electron chi connectivity index (χ4n) is 1.71. The highest BCUT2D eigenvalue weighted by atomic mass is 79.9. The molecule has 0 aliphatic carbocycles. The number of rotatable bonds is 3. The number of carbonyl (C=O) groups excluding carboxylic acids is 1. The Morgan fingerprint density at radius 2 is 1.85 bits per heavy atom. The van der Waals surface area contributed by atoms with Crippen LogP contribution in [0.25, 0.3) is 0 Å². The SMILES string of the molecule is COC(=O)c1cc(N)ccc1Oc1ccc(C)cc1Br. The van der Waals surface area contributed by atoms with E-state index in [0.29, 0.717) is 22.7 Å². The summed E-state index contributed by atoms with van der Waals surface area (Å²) in [7, 11) is 1.32. The van der Waals surface area contributed by atoms with Gasteiger partial charge in [0.25, 0.3) is 0 Å². The molecule has 0 saturated heterocycles. The molecule has 2 aromatic rings. The minimum atomic E-state index is -0.490. The third-order valence-electron chi connectivity index (χ3n) is 2.72. The predicted octanol–water partition coefficient (Wildman–Crippen LogP) is 3.92. The number of benzene rings is 2. The second kappa shape index (κ2) is 5.96. The van der Waals surface area contributed by atoms with E-state index >= 15 is 0 Å². The maximum absolute atomic E-state index is 11.7. The van der Waals surface area contributed by atoms with Gasteiger partial charge in [-0.2, -0.15) is 0 Å². The fraction of sp³-hybridized carbons (Fsp3) is 0.133. The smallest absolute Gasteiger partial charge is 0.341 e. The van der Waals surface area contributed by atoms with Crippen LogP contribution in [-0.4, -0.2) is 13.1 Å². The molecule has 0 saturated carbocycles. The number of halogens is 1. The average Bonchev–Trinajstić information content (AvgIpc) is 2.42. The molecule has 0 heterocycles. The van der Waals surface area contributed by atoms with E-state index in [4.69, 9.17) is 15.2 Å². The van der Waals surface area contributed by atoms with Crippen LogP contribution in [0.3, 0.4) is 0 Å². The van der Waals surface area contributed by atoms with Crippen LogP contribution < -0.4 is 10.5 Å². The molecule has 0 unspecified atom stereocenters. The summed E-state index contributed by atoms with van der Waals surface area (Å²) in [6, 6.07) is 10.5. The van der Waals surface area contributed by atoms with Crippen molar-refractivity contribution in [3.63, 3.8) is 0 Å². The molecule has 2 rings (SSSR count). The third-order valence-corrected chi connectivity index (χ3v) is 3.34. The van der Waals surface area contributed by atoms with Crippen molar-refractivity contribution in [1.29, 1.82) is 0 Å². The summed E-state index contributed by atoms with van der Waals surface area (Å²) < 4.78 is 11.3. The van der Waals surface area contributed by atoms with Crippen molar-refractivity contribution in [3.8, 4) is 11.5 Å². The van der Waals surface area contributed by atoms with Gasteiger partial charge in [-0.25, -0.2) is 4.79 Å². The molecule has 0 fully saturated rings. The van der Waals surface area contributed by atoms with Gasteiger partial charge in [-0.1, -0.05) is 6.07 Å². The van der Waals surface area contributed by atoms with E-state index in [1.807, 2.05) is 25.1 Å². The number of aryl methyl sites for hydroxylation is 1. The lowest BCUT2D eigenvalue weighted by Gasteiger charge is -2.12. The van der Waals surface area contributed by atoms with Gasteiger partial charge in [0.2, 0.25) is 0 Å². The highest BCUT2D eigenvalue weighted by Gasteiger charge is 2.15. The summed E-state index contributed by atoms with van der Waals surface area (Å²) in [5, 5.41) is 0. The maximum atomic E-state index is 11.7. The van der Waals surface area contributed by atoms with Crippen LogP contribution in [0.1, 0.15) is 15.9 Å². The first kappa shape index (κ1) is 14.4. The third kappa shape index (κ3) is 3.11. The number of nitrogens with two attached hydrogens (primary N) is 1. The van der Waals surface area contributed by atoms with Crippen LogP contribution >= 0.6 is 15.9 Å². The number of hydrogen-bond donors (Lipinski definition) is 1. The minimum Gasteiger partial charge on any atom is -0.465 e. The second-order valence-corrected chi connectivity index (χ2v) is 5.14. The van der Waals surface area contributed by atoms with Crippen LogP contribution in [0.15, 0.2) is 40.9 Å². The van der Waals surface area contributed by atoms with E-state index in [2.05, 4.69) is 15.9 Å². The van der Waals surface area contributed by atoms with Gasteiger partial charge in [-0.3, -0.25) is 0 Å². The summed E-state index contributed by atoms with van der Waals surface area (Å²) in [5.41, 5.74) is 7.56. The molecule has 0 amide bonds. The molecule has 0 aliphatic rings. The predicted molar refractivity (Wildman–Crippen MR) is 81.1 cm³/mol. The molecule has 4 nitrogen and oxygen atoms in total. The molecule has 20 heavy (non-hydrogen) atoms. The Labute approximate surface area is 125 Å². The van der Waals surface area contributed by atoms with Crippen LogP contribution in [0.2, 0.25) is 0 Å². The Bertz CT molecular complexity index is 656. The summed E-state index contributed by atoms with van der Waals surface area (Å²) in [6.45, 7) is 1.98. The summed E-state index contributed by atoms with van der Waals surface area (Å²) in [6.07, 6.45) is 0. The molecular weight excluding hydrogens is 322 g/mol. The Hall–Kier alpha value is -2.01. The number of nitrogen functional groups attached to an aromatic ring is 1. The molecule has 2 aromatic carbocycles. The van der Waals surface area contributed by atoms with Crippen LogP contribution in [0.4, 0.5) is 5.69 Å². The molecule has 5 heteroatoms. The van der Waals surface area contributed by atoms with Gasteiger partial charge >= 0.3 is 5.97 Å². The molecule has 0 aromatic heterocycles. The number of methoxy groups -OCH3 is 1. The topological polar surface area (TPSA) is 61.5 Å². The van der Waals surface area contributed by atoms with Gasteiger partial charge in [-0.05, 0) is 58.7 Å². The monoisotopic (exact) mass is 335 g/mol. The van der Waals surface area contributed by atoms with Crippen LogP contribution in [0.5, 0.6) is 11.5 Å². The summed E-state index contributed by atoms with van der Waals surface area (Å²) >= 11 is 3.43. The normalized spacial score (nSPS) is 10.2. The lowest BCUT2D eigenvalue weighted by molar-refractivity contribution is 0.0598. The summed E-state index contributed by atoms with van der Waals surface area (Å²) in [5.74, 6) is 0.525. The van der Waals surface area contributed by atoms with Gasteiger partial charge in [0, 0.05) is 5.69 Å². The molecule has 0 radical (unpaired) electrons. The van der Waals surface area contributed by atoms with Crippen LogP contribution in [0, 0.1) is 6.92 Å². The molecule has 0 bridgehead atoms. The quantitative estimate of drug-likeness (QED) is 0.682. The highest BCUT2D eigenvalue weighted by Crippen LogP contribution is 2.33. The van der Waals surface area contributed by atoms with E-state index in [0.717, 1.165) is 10.0 Å². The van der Waals surface area contributed by atoms with Crippen molar-refractivity contribution in [1.82, 2.24) is 0 Å². The Morgan fingerprint density at radius 3 is 2.50 bits per heavy atom. The van der Waals surface area contributed by atoms with Gasteiger partial charge < -0.3 is 15.2 Å². The van der Waals surface area contributed by atoms with Crippen molar-refractivity contribution >= 4 is 27.6 Å². The van der Waals surface area contributed by atoms with E-state index in [1.54, 1.807) is 12.1 Å². The highest BCUT2D eigenvalue weighted by molar-refractivity contribution is 9.10. The lowest BCUT2D eigenvalue weighted by atomic mass is 10.1. The number of esters is 1. The Balaban J connectivity index is 2.40. The molecule has 0 aliphatic heterocycles. The first-order chi connectivity index (χ1) is 9.51. The van der Waals surface area contributed by atoms with Crippen molar-refractivity contribution in [2.75, 3.05) is 12.8 Å². The zero-order chi connectivity index (χ0) is 14.7. The molecule has 0 spiro atoms. The molecule has 2 N–H and O–H groups in total. The molecular formula is C15H14BrNO3. The Kier molecular flexibility index (Phi) is 4.29. The number of hydrogen-bond acceptors (Lipinski definition) is 4. The number of anilines is 1. The average molecular weight is 336 g/mol.